The highest BCUT2D eigenvalue weighted by atomic mass is 32.2. The van der Waals surface area contributed by atoms with Gasteiger partial charge in [-0.15, -0.1) is 0 Å². The van der Waals surface area contributed by atoms with Gasteiger partial charge in [-0.2, -0.15) is 11.8 Å². The smallest absolute Gasteiger partial charge is 0.265 e. The molecule has 240 valence electrons. The fourth-order valence-corrected chi connectivity index (χ4v) is 5.69. The summed E-state index contributed by atoms with van der Waals surface area (Å²) in [5, 5.41) is 13.7. The fraction of sp³-hybridized carbons (Fsp3) is 0.500. The molecule has 0 bridgehead atoms. The molecular weight excluding hydrogens is 578 g/mol. The van der Waals surface area contributed by atoms with Gasteiger partial charge in [0.15, 0.2) is 0 Å². The van der Waals surface area contributed by atoms with Crippen LogP contribution in [0.15, 0.2) is 42.5 Å². The first-order valence-electron chi connectivity index (χ1n) is 15.3. The molecule has 0 aliphatic carbocycles. The molecule has 0 spiro atoms. The molecule has 2 fully saturated rings. The highest BCUT2D eigenvalue weighted by molar-refractivity contribution is 7.99. The zero-order valence-electron chi connectivity index (χ0n) is 26.2. The molecule has 0 aromatic heterocycles. The Morgan fingerprint density at radius 1 is 0.841 bits per heavy atom. The Hall–Kier alpha value is -3.45. The summed E-state index contributed by atoms with van der Waals surface area (Å²) in [7, 11) is 0. The maximum Gasteiger partial charge on any atom is 0.265 e. The molecule has 2 aliphatic rings. The summed E-state index contributed by atoms with van der Waals surface area (Å²) < 4.78 is 0. The molecule has 5 N–H and O–H groups in total. The first-order valence-corrected chi connectivity index (χ1v) is 16.4. The lowest BCUT2D eigenvalue weighted by molar-refractivity contribution is -0.121. The van der Waals surface area contributed by atoms with Crippen molar-refractivity contribution >= 4 is 35.4 Å². The molecule has 0 saturated carbocycles. The number of nitrogens with one attached hydrogen (secondary N) is 5. The van der Waals surface area contributed by atoms with Crippen LogP contribution in [-0.4, -0.2) is 97.4 Å². The van der Waals surface area contributed by atoms with Gasteiger partial charge in [0.1, 0.15) is 0 Å². The van der Waals surface area contributed by atoms with Crippen LogP contribution in [0.3, 0.4) is 0 Å². The molecule has 2 heterocycles. The number of amides is 4. The molecule has 0 atom stereocenters. The van der Waals surface area contributed by atoms with Gasteiger partial charge in [-0.1, -0.05) is 25.1 Å². The average Bonchev–Trinajstić information content (AvgIpc) is 3.03. The second-order valence-electron chi connectivity index (χ2n) is 10.8. The van der Waals surface area contributed by atoms with E-state index < -0.39 is 0 Å². The van der Waals surface area contributed by atoms with Gasteiger partial charge in [0.25, 0.3) is 11.8 Å². The van der Waals surface area contributed by atoms with Crippen LogP contribution in [0.25, 0.3) is 0 Å². The average molecular weight is 626 g/mol. The van der Waals surface area contributed by atoms with Crippen molar-refractivity contribution in [3.8, 4) is 0 Å². The van der Waals surface area contributed by atoms with E-state index in [-0.39, 0.29) is 23.6 Å². The van der Waals surface area contributed by atoms with Crippen molar-refractivity contribution in [1.29, 1.82) is 0 Å². The Bertz CT molecular complexity index is 1250. The van der Waals surface area contributed by atoms with E-state index in [9.17, 15) is 19.2 Å². The van der Waals surface area contributed by atoms with E-state index >= 15 is 0 Å². The predicted molar refractivity (Wildman–Crippen MR) is 175 cm³/mol. The number of hydrogen-bond donors (Lipinski definition) is 5. The lowest BCUT2D eigenvalue weighted by Crippen LogP contribution is -2.52. The van der Waals surface area contributed by atoms with Crippen molar-refractivity contribution in [2.24, 2.45) is 0 Å². The topological polar surface area (TPSA) is 135 Å². The summed E-state index contributed by atoms with van der Waals surface area (Å²) in [4.78, 5) is 49.2. The molecule has 11 nitrogen and oxygen atoms in total. The van der Waals surface area contributed by atoms with Crippen LogP contribution < -0.4 is 26.7 Å². The van der Waals surface area contributed by atoms with E-state index in [1.807, 2.05) is 67.0 Å². The molecule has 2 aromatic rings. The summed E-state index contributed by atoms with van der Waals surface area (Å²) >= 11 is 1.99. The molecule has 4 rings (SSSR count). The molecule has 0 radical (unpaired) electrons. The van der Waals surface area contributed by atoms with Gasteiger partial charge in [-0.3, -0.25) is 29.5 Å². The second kappa shape index (κ2) is 19.0. The maximum atomic E-state index is 12.3. The zero-order valence-corrected chi connectivity index (χ0v) is 27.0. The normalized spacial score (nSPS) is 15.3. The predicted octanol–water partition coefficient (Wildman–Crippen LogP) is 1.67. The standard InChI is InChI=1S/C17H25N3O2S.C15H22N4O2/c1-2-16(21)19-13-14-4-3-5-15(12-14)17(22)18-6-7-20-8-10-23-11-9-20;1-11-7-13(10-17-12(2)20)9-14(8-11)15(21)18-19-5-3-16-4-6-19/h3-5,12H,2,6-11,13H2,1H3,(H,18,22)(H,19,21);7-9,16H,3-6,10H2,1-2H3,(H,17,20)(H,18,21). The van der Waals surface area contributed by atoms with Crippen molar-refractivity contribution in [2.75, 3.05) is 63.9 Å². The van der Waals surface area contributed by atoms with Crippen molar-refractivity contribution in [3.05, 3.63) is 70.3 Å². The summed E-state index contributed by atoms with van der Waals surface area (Å²) in [6, 6.07) is 13.1. The van der Waals surface area contributed by atoms with Crippen molar-refractivity contribution in [2.45, 2.75) is 40.3 Å². The highest BCUT2D eigenvalue weighted by Crippen LogP contribution is 2.11. The summed E-state index contributed by atoms with van der Waals surface area (Å²) in [6.45, 7) is 13.3. The van der Waals surface area contributed by atoms with Crippen LogP contribution in [0, 0.1) is 6.92 Å². The number of aryl methyl sites for hydroxylation is 1. The number of rotatable bonds is 11. The van der Waals surface area contributed by atoms with Gasteiger partial charge in [0.2, 0.25) is 11.8 Å². The third-order valence-corrected chi connectivity index (χ3v) is 8.08. The highest BCUT2D eigenvalue weighted by Gasteiger charge is 2.15. The van der Waals surface area contributed by atoms with E-state index in [2.05, 4.69) is 31.6 Å². The van der Waals surface area contributed by atoms with Crippen LogP contribution in [0.4, 0.5) is 0 Å². The molecule has 44 heavy (non-hydrogen) atoms. The Kier molecular flexibility index (Phi) is 15.2. The third-order valence-electron chi connectivity index (χ3n) is 7.13. The first-order chi connectivity index (χ1) is 21.2. The number of benzene rings is 2. The van der Waals surface area contributed by atoms with Crippen molar-refractivity contribution < 1.29 is 19.2 Å². The largest absolute Gasteiger partial charge is 0.352 e. The van der Waals surface area contributed by atoms with Gasteiger partial charge in [-0.25, -0.2) is 5.01 Å². The van der Waals surface area contributed by atoms with Crippen molar-refractivity contribution in [3.63, 3.8) is 0 Å². The summed E-state index contributed by atoms with van der Waals surface area (Å²) in [6.07, 6.45) is 0.467. The summed E-state index contributed by atoms with van der Waals surface area (Å²) in [5.41, 5.74) is 7.05. The molecule has 2 saturated heterocycles. The minimum atomic E-state index is -0.107. The van der Waals surface area contributed by atoms with E-state index in [4.69, 9.17) is 0 Å². The Morgan fingerprint density at radius 3 is 2.25 bits per heavy atom. The number of carbonyl (C=O) groups is 4. The van der Waals surface area contributed by atoms with Crippen LogP contribution >= 0.6 is 11.8 Å². The number of hydrazine groups is 1. The van der Waals surface area contributed by atoms with Gasteiger partial charge < -0.3 is 21.3 Å². The number of thioether (sulfide) groups is 1. The maximum absolute atomic E-state index is 12.3. The van der Waals surface area contributed by atoms with E-state index in [1.54, 1.807) is 6.07 Å². The summed E-state index contributed by atoms with van der Waals surface area (Å²) in [5.74, 6) is 2.13. The van der Waals surface area contributed by atoms with E-state index in [0.717, 1.165) is 62.5 Å². The number of piperazine rings is 1. The lowest BCUT2D eigenvalue weighted by Gasteiger charge is -2.27. The van der Waals surface area contributed by atoms with Crippen LogP contribution in [0.1, 0.15) is 57.7 Å². The van der Waals surface area contributed by atoms with Gasteiger partial charge in [0.05, 0.1) is 0 Å². The first kappa shape index (κ1) is 35.0. The Balaban J connectivity index is 0.000000241. The second-order valence-corrected chi connectivity index (χ2v) is 12.1. The van der Waals surface area contributed by atoms with Gasteiger partial charge in [-0.05, 0) is 47.9 Å². The Labute approximate surface area is 265 Å². The van der Waals surface area contributed by atoms with Gasteiger partial charge in [0, 0.05) is 101 Å². The number of nitrogens with zero attached hydrogens (tertiary/aromatic N) is 2. The van der Waals surface area contributed by atoms with Gasteiger partial charge >= 0.3 is 0 Å². The minimum Gasteiger partial charge on any atom is -0.352 e. The lowest BCUT2D eigenvalue weighted by atomic mass is 10.1. The zero-order chi connectivity index (χ0) is 31.7. The molecule has 4 amide bonds. The molecule has 12 heteroatoms. The van der Waals surface area contributed by atoms with E-state index in [1.165, 1.54) is 18.4 Å². The minimum absolute atomic E-state index is 0.0135. The number of hydrogen-bond acceptors (Lipinski definition) is 8. The Morgan fingerprint density at radius 2 is 1.55 bits per heavy atom. The monoisotopic (exact) mass is 625 g/mol. The van der Waals surface area contributed by atoms with Crippen LogP contribution in [0.5, 0.6) is 0 Å². The molecular formula is C32H47N7O4S. The number of carbonyl (C=O) groups excluding carboxylic acids is 4. The van der Waals surface area contributed by atoms with Crippen LogP contribution in [-0.2, 0) is 22.7 Å². The molecule has 2 aliphatic heterocycles. The third kappa shape index (κ3) is 13.0. The molecule has 0 unspecified atom stereocenters. The quantitative estimate of drug-likeness (QED) is 0.255. The SMILES string of the molecule is CC(=O)NCc1cc(C)cc(C(=O)NN2CCNCC2)c1.CCC(=O)NCc1cccc(C(=O)NCCN2CCSCC2)c1. The molecule has 2 aromatic carbocycles. The fourth-order valence-electron chi connectivity index (χ4n) is 4.71. The van der Waals surface area contributed by atoms with Crippen molar-refractivity contribution in [1.82, 2.24) is 36.6 Å². The van der Waals surface area contributed by atoms with Crippen LogP contribution in [0.2, 0.25) is 0 Å². The van der Waals surface area contributed by atoms with E-state index in [0.29, 0.717) is 37.2 Å².